The van der Waals surface area contributed by atoms with Crippen LogP contribution in [0.5, 0.6) is 5.75 Å². The molecule has 1 fully saturated rings. The van der Waals surface area contributed by atoms with Crippen molar-refractivity contribution in [2.75, 3.05) is 26.7 Å². The first-order valence-corrected chi connectivity index (χ1v) is 9.22. The van der Waals surface area contributed by atoms with Gasteiger partial charge in [-0.1, -0.05) is 18.2 Å². The molecule has 1 N–H and O–H groups in total. The molecule has 5 heteroatoms. The van der Waals surface area contributed by atoms with Crippen LogP contribution in [0.25, 0.3) is 0 Å². The summed E-state index contributed by atoms with van der Waals surface area (Å²) in [5.74, 6) is 0.881. The highest BCUT2D eigenvalue weighted by molar-refractivity contribution is 5.78. The number of nitrogens with zero attached hydrogens (tertiary/aromatic N) is 2. The average molecular weight is 353 g/mol. The monoisotopic (exact) mass is 353 g/mol. The first-order chi connectivity index (χ1) is 12.7. The number of amides is 1. The van der Waals surface area contributed by atoms with E-state index in [-0.39, 0.29) is 11.9 Å². The van der Waals surface area contributed by atoms with E-state index in [2.05, 4.69) is 27.3 Å². The Kier molecular flexibility index (Phi) is 6.23. The van der Waals surface area contributed by atoms with Crippen LogP contribution in [0.2, 0.25) is 0 Å². The highest BCUT2D eigenvalue weighted by atomic mass is 16.5. The number of carbonyl (C=O) groups excluding carboxylic acids is 1. The van der Waals surface area contributed by atoms with Gasteiger partial charge < -0.3 is 10.1 Å². The summed E-state index contributed by atoms with van der Waals surface area (Å²) in [6.45, 7) is 4.68. The van der Waals surface area contributed by atoms with Gasteiger partial charge in [-0.2, -0.15) is 0 Å². The molecule has 0 bridgehead atoms. The number of ether oxygens (including phenoxy) is 1. The minimum absolute atomic E-state index is 0.0303. The van der Waals surface area contributed by atoms with Gasteiger partial charge in [-0.05, 0) is 62.2 Å². The van der Waals surface area contributed by atoms with Crippen molar-refractivity contribution in [3.63, 3.8) is 0 Å². The highest BCUT2D eigenvalue weighted by Gasteiger charge is 2.24. The zero-order valence-electron chi connectivity index (χ0n) is 15.6. The number of pyridine rings is 1. The SMILES string of the molecule is COc1cccc(C(CNC(=O)Cc2ccc(C)nc2)N2CCCC2)c1. The van der Waals surface area contributed by atoms with E-state index in [0.717, 1.165) is 30.1 Å². The molecule has 1 aromatic heterocycles. The van der Waals surface area contributed by atoms with Crippen LogP contribution in [0.1, 0.15) is 35.7 Å². The number of carbonyl (C=O) groups is 1. The number of hydrogen-bond acceptors (Lipinski definition) is 4. The molecular weight excluding hydrogens is 326 g/mol. The third-order valence-electron chi connectivity index (χ3n) is 4.89. The number of likely N-dealkylation sites (tertiary alicyclic amines) is 1. The van der Waals surface area contributed by atoms with Crippen molar-refractivity contribution in [2.24, 2.45) is 0 Å². The van der Waals surface area contributed by atoms with Gasteiger partial charge in [0.25, 0.3) is 0 Å². The first kappa shape index (κ1) is 18.4. The van der Waals surface area contributed by atoms with Crippen molar-refractivity contribution in [2.45, 2.75) is 32.2 Å². The molecule has 0 spiro atoms. The maximum Gasteiger partial charge on any atom is 0.224 e. The molecule has 5 nitrogen and oxygen atoms in total. The van der Waals surface area contributed by atoms with Gasteiger partial charge >= 0.3 is 0 Å². The Balaban J connectivity index is 1.65. The van der Waals surface area contributed by atoms with Gasteiger partial charge in [-0.15, -0.1) is 0 Å². The largest absolute Gasteiger partial charge is 0.497 e. The van der Waals surface area contributed by atoms with Gasteiger partial charge in [-0.3, -0.25) is 14.7 Å². The second kappa shape index (κ2) is 8.81. The van der Waals surface area contributed by atoms with Crippen molar-refractivity contribution < 1.29 is 9.53 Å². The van der Waals surface area contributed by atoms with Crippen LogP contribution in [-0.2, 0) is 11.2 Å². The summed E-state index contributed by atoms with van der Waals surface area (Å²) in [5.41, 5.74) is 3.08. The molecule has 138 valence electrons. The Morgan fingerprint density at radius 1 is 1.27 bits per heavy atom. The van der Waals surface area contributed by atoms with Crippen molar-refractivity contribution in [3.8, 4) is 5.75 Å². The lowest BCUT2D eigenvalue weighted by atomic mass is 10.0. The van der Waals surface area contributed by atoms with E-state index in [0.29, 0.717) is 13.0 Å². The van der Waals surface area contributed by atoms with Gasteiger partial charge in [0.2, 0.25) is 5.91 Å². The number of aryl methyl sites for hydroxylation is 1. The summed E-state index contributed by atoms with van der Waals surface area (Å²) in [4.78, 5) is 19.1. The molecule has 1 aliphatic rings. The van der Waals surface area contributed by atoms with Crippen LogP contribution in [0.3, 0.4) is 0 Å². The van der Waals surface area contributed by atoms with Crippen LogP contribution < -0.4 is 10.1 Å². The number of benzene rings is 1. The number of nitrogens with one attached hydrogen (secondary N) is 1. The molecule has 1 amide bonds. The molecule has 1 unspecified atom stereocenters. The molecule has 2 aromatic rings. The minimum atomic E-state index is 0.0303. The Morgan fingerprint density at radius 2 is 2.08 bits per heavy atom. The molecular formula is C21H27N3O2. The van der Waals surface area contributed by atoms with Gasteiger partial charge in [0.15, 0.2) is 0 Å². The standard InChI is InChI=1S/C21H27N3O2/c1-16-8-9-17(14-22-16)12-21(25)23-15-20(24-10-3-4-11-24)18-6-5-7-19(13-18)26-2/h5-9,13-14,20H,3-4,10-12,15H2,1-2H3,(H,23,25). The molecule has 3 rings (SSSR count). The van der Waals surface area contributed by atoms with Crippen LogP contribution in [-0.4, -0.2) is 42.5 Å². The van der Waals surface area contributed by atoms with Crippen LogP contribution in [0, 0.1) is 6.92 Å². The zero-order chi connectivity index (χ0) is 18.4. The predicted octanol–water partition coefficient (Wildman–Crippen LogP) is 2.89. The van der Waals surface area contributed by atoms with E-state index in [1.54, 1.807) is 13.3 Å². The van der Waals surface area contributed by atoms with E-state index >= 15 is 0 Å². The van der Waals surface area contributed by atoms with E-state index in [9.17, 15) is 4.79 Å². The molecule has 2 heterocycles. The summed E-state index contributed by atoms with van der Waals surface area (Å²) >= 11 is 0. The van der Waals surface area contributed by atoms with Crippen molar-refractivity contribution >= 4 is 5.91 Å². The summed E-state index contributed by atoms with van der Waals surface area (Å²) < 4.78 is 5.37. The highest BCUT2D eigenvalue weighted by Crippen LogP contribution is 2.27. The minimum Gasteiger partial charge on any atom is -0.497 e. The lowest BCUT2D eigenvalue weighted by molar-refractivity contribution is -0.120. The van der Waals surface area contributed by atoms with Crippen molar-refractivity contribution in [1.82, 2.24) is 15.2 Å². The molecule has 26 heavy (non-hydrogen) atoms. The fourth-order valence-corrected chi connectivity index (χ4v) is 3.42. The summed E-state index contributed by atoms with van der Waals surface area (Å²) in [5, 5.41) is 3.11. The van der Waals surface area contributed by atoms with E-state index in [4.69, 9.17) is 4.74 Å². The van der Waals surface area contributed by atoms with Gasteiger partial charge in [0, 0.05) is 18.4 Å². The quantitative estimate of drug-likeness (QED) is 0.832. The Labute approximate surface area is 155 Å². The van der Waals surface area contributed by atoms with E-state index < -0.39 is 0 Å². The second-order valence-corrected chi connectivity index (χ2v) is 6.82. The first-order valence-electron chi connectivity index (χ1n) is 9.22. The number of aromatic nitrogens is 1. The van der Waals surface area contributed by atoms with Crippen molar-refractivity contribution in [1.29, 1.82) is 0 Å². The third kappa shape index (κ3) is 4.82. The number of hydrogen-bond donors (Lipinski definition) is 1. The summed E-state index contributed by atoms with van der Waals surface area (Å²) in [6.07, 6.45) is 4.56. The smallest absolute Gasteiger partial charge is 0.224 e. The average Bonchev–Trinajstić information content (AvgIpc) is 3.18. The van der Waals surface area contributed by atoms with Crippen LogP contribution in [0.15, 0.2) is 42.6 Å². The van der Waals surface area contributed by atoms with E-state index in [1.165, 1.54) is 18.4 Å². The third-order valence-corrected chi connectivity index (χ3v) is 4.89. The number of methoxy groups -OCH3 is 1. The zero-order valence-corrected chi connectivity index (χ0v) is 15.6. The van der Waals surface area contributed by atoms with Crippen LogP contribution in [0.4, 0.5) is 0 Å². The Morgan fingerprint density at radius 3 is 2.77 bits per heavy atom. The molecule has 1 aliphatic heterocycles. The van der Waals surface area contributed by atoms with Gasteiger partial charge in [0.1, 0.15) is 5.75 Å². The predicted molar refractivity (Wildman–Crippen MR) is 102 cm³/mol. The van der Waals surface area contributed by atoms with Crippen LogP contribution >= 0.6 is 0 Å². The lowest BCUT2D eigenvalue weighted by Gasteiger charge is -2.28. The normalized spacial score (nSPS) is 15.6. The Bertz CT molecular complexity index is 724. The summed E-state index contributed by atoms with van der Waals surface area (Å²) in [6, 6.07) is 12.2. The van der Waals surface area contributed by atoms with Gasteiger partial charge in [0.05, 0.1) is 19.6 Å². The van der Waals surface area contributed by atoms with Gasteiger partial charge in [-0.25, -0.2) is 0 Å². The fraction of sp³-hybridized carbons (Fsp3) is 0.429. The van der Waals surface area contributed by atoms with E-state index in [1.807, 2.05) is 31.2 Å². The lowest BCUT2D eigenvalue weighted by Crippen LogP contribution is -2.37. The Hall–Kier alpha value is -2.40. The fourth-order valence-electron chi connectivity index (χ4n) is 3.42. The molecule has 1 atom stereocenters. The summed E-state index contributed by atoms with van der Waals surface area (Å²) in [7, 11) is 1.68. The maximum atomic E-state index is 12.4. The molecule has 0 saturated carbocycles. The number of rotatable bonds is 7. The molecule has 0 aliphatic carbocycles. The molecule has 1 saturated heterocycles. The van der Waals surface area contributed by atoms with Crippen molar-refractivity contribution in [3.05, 3.63) is 59.4 Å². The topological polar surface area (TPSA) is 54.5 Å². The molecule has 0 radical (unpaired) electrons. The molecule has 1 aromatic carbocycles. The second-order valence-electron chi connectivity index (χ2n) is 6.82. The maximum absolute atomic E-state index is 12.4.